The van der Waals surface area contributed by atoms with Crippen molar-refractivity contribution in [3.8, 4) is 23.0 Å². The Bertz CT molecular complexity index is 1440. The van der Waals surface area contributed by atoms with E-state index < -0.39 is 86.5 Å². The predicted molar refractivity (Wildman–Crippen MR) is 168 cm³/mol. The van der Waals surface area contributed by atoms with Crippen LogP contribution in [0.4, 0.5) is 0 Å². The predicted octanol–water partition coefficient (Wildman–Crippen LogP) is -1.89. The molecule has 9 N–H and O–H groups in total. The van der Waals surface area contributed by atoms with E-state index in [2.05, 4.69) is 0 Å². The minimum absolute atomic E-state index is 0.126. The molecule has 0 saturated carbocycles. The lowest BCUT2D eigenvalue weighted by Gasteiger charge is -2.39. The molecule has 11 atom stereocenters. The zero-order valence-electron chi connectivity index (χ0n) is 26.6. The number of aliphatic hydroxyl groups excluding tert-OH is 9. The van der Waals surface area contributed by atoms with E-state index in [1.165, 1.54) is 50.6 Å². The largest absolute Gasteiger partial charge is 0.493 e. The van der Waals surface area contributed by atoms with Crippen LogP contribution in [0.15, 0.2) is 48.6 Å². The highest BCUT2D eigenvalue weighted by Gasteiger charge is 2.46. The van der Waals surface area contributed by atoms with Gasteiger partial charge in [0.2, 0.25) is 12.6 Å². The van der Waals surface area contributed by atoms with E-state index in [9.17, 15) is 50.8 Å². The molecule has 0 aromatic heterocycles. The van der Waals surface area contributed by atoms with Gasteiger partial charge in [-0.1, -0.05) is 30.4 Å². The number of carbonyl (C=O) groups excluding carboxylic acids is 1. The third-order valence-corrected chi connectivity index (χ3v) is 7.94. The van der Waals surface area contributed by atoms with Crippen LogP contribution in [0.3, 0.4) is 0 Å². The molecule has 0 radical (unpaired) electrons. The maximum absolute atomic E-state index is 12.6. The van der Waals surface area contributed by atoms with Gasteiger partial charge in [-0.2, -0.15) is 0 Å². The van der Waals surface area contributed by atoms with Crippen molar-refractivity contribution < 1.29 is 79.2 Å². The van der Waals surface area contributed by atoms with Crippen LogP contribution < -0.4 is 18.9 Å². The summed E-state index contributed by atoms with van der Waals surface area (Å²) in [6, 6.07) is 9.26. The molecular formula is C33H42O16. The molecule has 2 aromatic carbocycles. The molecule has 2 aliphatic heterocycles. The summed E-state index contributed by atoms with van der Waals surface area (Å²) in [5.74, 6) is 0.289. The highest BCUT2D eigenvalue weighted by Crippen LogP contribution is 2.34. The number of carbonyl (C=O) groups is 1. The van der Waals surface area contributed by atoms with Gasteiger partial charge in [0.25, 0.3) is 0 Å². The Morgan fingerprint density at radius 2 is 1.14 bits per heavy atom. The van der Waals surface area contributed by atoms with E-state index >= 15 is 0 Å². The molecule has 2 aliphatic rings. The number of ether oxygens (including phenoxy) is 6. The van der Waals surface area contributed by atoms with Crippen molar-refractivity contribution in [1.29, 1.82) is 0 Å². The first-order chi connectivity index (χ1) is 23.4. The average molecular weight is 695 g/mol. The van der Waals surface area contributed by atoms with Gasteiger partial charge in [-0.15, -0.1) is 0 Å². The smallest absolute Gasteiger partial charge is 0.229 e. The minimum atomic E-state index is -1.61. The van der Waals surface area contributed by atoms with Crippen molar-refractivity contribution in [2.45, 2.75) is 73.9 Å². The Morgan fingerprint density at radius 3 is 1.57 bits per heavy atom. The molecule has 2 heterocycles. The van der Waals surface area contributed by atoms with Crippen molar-refractivity contribution in [3.63, 3.8) is 0 Å². The van der Waals surface area contributed by atoms with E-state index in [1.54, 1.807) is 24.3 Å². The Morgan fingerprint density at radius 1 is 0.694 bits per heavy atom. The van der Waals surface area contributed by atoms with Gasteiger partial charge in [0.15, 0.2) is 28.8 Å². The number of methoxy groups -OCH3 is 2. The molecular weight excluding hydrogens is 652 g/mol. The second-order valence-electron chi connectivity index (χ2n) is 11.4. The fourth-order valence-electron chi connectivity index (χ4n) is 5.10. The van der Waals surface area contributed by atoms with Gasteiger partial charge in [-0.25, -0.2) is 0 Å². The zero-order chi connectivity index (χ0) is 35.8. The molecule has 16 heteroatoms. The number of benzene rings is 2. The fourth-order valence-corrected chi connectivity index (χ4v) is 5.10. The Kier molecular flexibility index (Phi) is 13.5. The highest BCUT2D eigenvalue weighted by atomic mass is 16.7. The van der Waals surface area contributed by atoms with E-state index in [1.807, 2.05) is 0 Å². The van der Waals surface area contributed by atoms with Crippen LogP contribution in [0.25, 0.3) is 12.2 Å². The maximum atomic E-state index is 12.6. The zero-order valence-corrected chi connectivity index (χ0v) is 26.6. The summed E-state index contributed by atoms with van der Waals surface area (Å²) in [6.45, 7) is -1.22. The van der Waals surface area contributed by atoms with Crippen LogP contribution in [0.2, 0.25) is 0 Å². The van der Waals surface area contributed by atoms with Crippen LogP contribution >= 0.6 is 0 Å². The fraction of sp³-hybridized carbons (Fsp3) is 0.485. The van der Waals surface area contributed by atoms with Gasteiger partial charge in [0, 0.05) is 6.42 Å². The molecule has 49 heavy (non-hydrogen) atoms. The molecule has 4 rings (SSSR count). The third-order valence-electron chi connectivity index (χ3n) is 7.94. The number of hydrogen-bond donors (Lipinski definition) is 9. The number of ketones is 1. The molecule has 0 bridgehead atoms. The van der Waals surface area contributed by atoms with Crippen LogP contribution in [-0.2, 0) is 14.3 Å². The Labute approximate surface area is 281 Å². The standard InChI is InChI=1S/C33H42O16/c1-44-22-11-16(5-9-20(22)46-32-30(42)28(40)26(38)24(14-34)48-32)3-7-18(36)13-19(37)8-4-17-6-10-21(23(12-17)45-2)47-33-31(43)29(41)27(39)25(15-35)49-33/h3-12,18,24-36,38-43H,13-15H2,1-2H3/b7-3+,8-4+/t18?,24-,25-,26-,27-,28+,29+,30-,31-,32-,33-/m1/s1. The second-order valence-corrected chi connectivity index (χ2v) is 11.4. The SMILES string of the molecule is COc1cc(/C=C/C(=O)CC(O)/C=C/c2ccc(O[C@@H]3O[C@H](CO)[C@@H](O)[C@H](O)[C@H]3O)c(OC)c2)ccc1O[C@@H]1O[C@H](CO)[C@@H](O)[C@H](O)[C@H]1O. The molecule has 2 saturated heterocycles. The van der Waals surface area contributed by atoms with Crippen LogP contribution in [0.5, 0.6) is 23.0 Å². The number of aliphatic hydroxyl groups is 9. The van der Waals surface area contributed by atoms with Crippen molar-refractivity contribution in [1.82, 2.24) is 0 Å². The summed E-state index contributed by atoms with van der Waals surface area (Å²) in [7, 11) is 2.74. The summed E-state index contributed by atoms with van der Waals surface area (Å²) in [4.78, 5) is 12.6. The lowest BCUT2D eigenvalue weighted by molar-refractivity contribution is -0.277. The van der Waals surface area contributed by atoms with Gasteiger partial charge in [-0.05, 0) is 41.5 Å². The Balaban J connectivity index is 1.33. The van der Waals surface area contributed by atoms with E-state index in [0.29, 0.717) is 11.1 Å². The first-order valence-corrected chi connectivity index (χ1v) is 15.3. The summed E-state index contributed by atoms with van der Waals surface area (Å²) in [5, 5.41) is 89.6. The molecule has 2 fully saturated rings. The van der Waals surface area contributed by atoms with Crippen molar-refractivity contribution >= 4 is 17.9 Å². The summed E-state index contributed by atoms with van der Waals surface area (Å²) >= 11 is 0. The van der Waals surface area contributed by atoms with Gasteiger partial charge < -0.3 is 74.4 Å². The molecule has 1 unspecified atom stereocenters. The van der Waals surface area contributed by atoms with Gasteiger partial charge in [0.05, 0.1) is 33.5 Å². The quantitative estimate of drug-likeness (QED) is 0.0980. The number of allylic oxidation sites excluding steroid dienone is 1. The van der Waals surface area contributed by atoms with E-state index in [-0.39, 0.29) is 29.4 Å². The van der Waals surface area contributed by atoms with Crippen molar-refractivity contribution in [2.75, 3.05) is 27.4 Å². The monoisotopic (exact) mass is 694 g/mol. The number of hydrogen-bond acceptors (Lipinski definition) is 16. The second kappa shape index (κ2) is 17.3. The van der Waals surface area contributed by atoms with Gasteiger partial charge in [-0.3, -0.25) is 4.79 Å². The average Bonchev–Trinajstić information content (AvgIpc) is 3.10. The minimum Gasteiger partial charge on any atom is -0.493 e. The van der Waals surface area contributed by atoms with Crippen LogP contribution in [-0.4, -0.2) is 147 Å². The first kappa shape index (κ1) is 38.2. The topological polar surface area (TPSA) is 255 Å². The lowest BCUT2D eigenvalue weighted by atomic mass is 9.99. The third kappa shape index (κ3) is 9.33. The highest BCUT2D eigenvalue weighted by molar-refractivity contribution is 5.94. The molecule has 270 valence electrons. The molecule has 0 spiro atoms. The number of rotatable bonds is 14. The first-order valence-electron chi connectivity index (χ1n) is 15.3. The van der Waals surface area contributed by atoms with E-state index in [0.717, 1.165) is 0 Å². The Hall–Kier alpha value is -3.65. The van der Waals surface area contributed by atoms with Crippen LogP contribution in [0, 0.1) is 0 Å². The maximum Gasteiger partial charge on any atom is 0.229 e. The normalized spacial score (nSPS) is 31.1. The summed E-state index contributed by atoms with van der Waals surface area (Å²) < 4.78 is 32.7. The van der Waals surface area contributed by atoms with Crippen molar-refractivity contribution in [3.05, 3.63) is 59.7 Å². The molecule has 0 aliphatic carbocycles. The van der Waals surface area contributed by atoms with Crippen LogP contribution in [0.1, 0.15) is 17.5 Å². The lowest BCUT2D eigenvalue weighted by Crippen LogP contribution is -2.60. The molecule has 2 aromatic rings. The van der Waals surface area contributed by atoms with Gasteiger partial charge >= 0.3 is 0 Å². The van der Waals surface area contributed by atoms with Crippen molar-refractivity contribution in [2.24, 2.45) is 0 Å². The van der Waals surface area contributed by atoms with Gasteiger partial charge in [0.1, 0.15) is 48.8 Å². The summed E-state index contributed by atoms with van der Waals surface area (Å²) in [5.41, 5.74) is 1.10. The summed E-state index contributed by atoms with van der Waals surface area (Å²) in [6.07, 6.45) is -10.3. The van der Waals surface area contributed by atoms with E-state index in [4.69, 9.17) is 28.4 Å². The molecule has 16 nitrogen and oxygen atoms in total. The molecule has 0 amide bonds.